The van der Waals surface area contributed by atoms with Gasteiger partial charge in [-0.1, -0.05) is 24.3 Å². The number of furan rings is 1. The number of hydrogen-bond donors (Lipinski definition) is 5. The summed E-state index contributed by atoms with van der Waals surface area (Å²) in [6.07, 6.45) is 3.67. The maximum absolute atomic E-state index is 13.4. The first-order valence-corrected chi connectivity index (χ1v) is 15.1. The summed E-state index contributed by atoms with van der Waals surface area (Å²) in [6.45, 7) is 0.694. The van der Waals surface area contributed by atoms with E-state index in [1.807, 2.05) is 0 Å². The Hall–Kier alpha value is -4.39. The van der Waals surface area contributed by atoms with Gasteiger partial charge < -0.3 is 39.9 Å². The molecule has 1 aromatic heterocycles. The van der Waals surface area contributed by atoms with Crippen molar-refractivity contribution in [3.63, 3.8) is 0 Å². The Bertz CT molecular complexity index is 1460. The van der Waals surface area contributed by atoms with Gasteiger partial charge in [-0.05, 0) is 55.6 Å². The third kappa shape index (κ3) is 9.30. The zero-order valence-corrected chi connectivity index (χ0v) is 24.3. The van der Waals surface area contributed by atoms with E-state index in [9.17, 15) is 28.2 Å². The summed E-state index contributed by atoms with van der Waals surface area (Å²) >= 11 is 0. The molecule has 1 aromatic carbocycles. The minimum Gasteiger partial charge on any atom is -0.469 e. The van der Waals surface area contributed by atoms with Crippen LogP contribution in [0, 0.1) is 5.92 Å². The molecular formula is C29H35N6O7S-. The molecule has 2 aromatic rings. The monoisotopic (exact) mass is 611 g/mol. The van der Waals surface area contributed by atoms with Gasteiger partial charge >= 0.3 is 0 Å². The number of rotatable bonds is 3. The maximum atomic E-state index is 13.4. The third-order valence-electron chi connectivity index (χ3n) is 7.23. The third-order valence-corrected chi connectivity index (χ3v) is 8.35. The van der Waals surface area contributed by atoms with Crippen molar-refractivity contribution in [3.8, 4) is 0 Å². The zero-order chi connectivity index (χ0) is 30.8. The van der Waals surface area contributed by atoms with E-state index >= 15 is 0 Å². The lowest BCUT2D eigenvalue weighted by atomic mass is 9.98. The molecule has 14 heteroatoms. The number of hydrogen-bond acceptors (Lipinski definition) is 8. The molecule has 2 aliphatic rings. The van der Waals surface area contributed by atoms with Gasteiger partial charge in [0.25, 0.3) is 0 Å². The van der Waals surface area contributed by atoms with Crippen LogP contribution in [-0.4, -0.2) is 70.6 Å². The fourth-order valence-electron chi connectivity index (χ4n) is 4.92. The molecule has 1 unspecified atom stereocenters. The molecule has 0 aliphatic carbocycles. The number of carbonyl (C=O) groups is 5. The van der Waals surface area contributed by atoms with Gasteiger partial charge in [0, 0.05) is 31.5 Å². The number of benzene rings is 1. The molecule has 43 heavy (non-hydrogen) atoms. The second-order valence-electron chi connectivity index (χ2n) is 10.3. The van der Waals surface area contributed by atoms with E-state index in [0.29, 0.717) is 36.3 Å². The lowest BCUT2D eigenvalue weighted by molar-refractivity contribution is -0.132. The molecular weight excluding hydrogens is 576 g/mol. The highest BCUT2D eigenvalue weighted by atomic mass is 32.2. The van der Waals surface area contributed by atoms with Crippen LogP contribution in [0.4, 0.5) is 0 Å². The average Bonchev–Trinajstić information content (AvgIpc) is 3.51. The van der Waals surface area contributed by atoms with E-state index in [0.717, 1.165) is 6.08 Å². The Morgan fingerprint density at radius 1 is 1.02 bits per heavy atom. The first kappa shape index (κ1) is 31.5. The molecule has 2 aliphatic heterocycles. The second-order valence-corrected chi connectivity index (χ2v) is 11.6. The molecule has 230 valence electrons. The lowest BCUT2D eigenvalue weighted by Crippen LogP contribution is -2.51. The number of amides is 5. The summed E-state index contributed by atoms with van der Waals surface area (Å²) in [5, 5.41) is 13.4. The van der Waals surface area contributed by atoms with Crippen LogP contribution in [0.25, 0.3) is 0 Å². The summed E-state index contributed by atoms with van der Waals surface area (Å²) in [7, 11) is -1.80. The summed E-state index contributed by atoms with van der Waals surface area (Å²) in [4.78, 5) is 63.8. The predicted molar refractivity (Wildman–Crippen MR) is 157 cm³/mol. The Morgan fingerprint density at radius 2 is 1.81 bits per heavy atom. The molecule has 1 fully saturated rings. The minimum atomic E-state index is -1.80. The average molecular weight is 612 g/mol. The summed E-state index contributed by atoms with van der Waals surface area (Å²) in [5.74, 6) is -2.66. The molecule has 0 radical (unpaired) electrons. The van der Waals surface area contributed by atoms with Crippen molar-refractivity contribution < 1.29 is 32.6 Å². The number of nitrogens with zero attached hydrogens (tertiary/aromatic N) is 1. The quantitative estimate of drug-likeness (QED) is 0.222. The van der Waals surface area contributed by atoms with Crippen LogP contribution < -0.4 is 27.0 Å². The minimum absolute atomic E-state index is 0.0191. The van der Waals surface area contributed by atoms with Gasteiger partial charge in [-0.15, -0.1) is 0 Å². The smallest absolute Gasteiger partial charge is 0.249 e. The zero-order valence-electron chi connectivity index (χ0n) is 23.5. The summed E-state index contributed by atoms with van der Waals surface area (Å²) in [6, 6.07) is 8.44. The van der Waals surface area contributed by atoms with Crippen molar-refractivity contribution in [1.29, 1.82) is 0 Å². The van der Waals surface area contributed by atoms with Crippen LogP contribution >= 0.6 is 0 Å². The first-order valence-electron chi connectivity index (χ1n) is 14.0. The van der Waals surface area contributed by atoms with E-state index in [1.54, 1.807) is 40.7 Å². The second kappa shape index (κ2) is 15.2. The van der Waals surface area contributed by atoms with Crippen LogP contribution in [0.1, 0.15) is 36.1 Å². The Morgan fingerprint density at radius 3 is 2.56 bits per heavy atom. The van der Waals surface area contributed by atoms with Crippen molar-refractivity contribution >= 4 is 45.1 Å². The number of piperidine rings is 1. The fourth-order valence-corrected chi connectivity index (χ4v) is 5.88. The first-order chi connectivity index (χ1) is 20.7. The lowest BCUT2D eigenvalue weighted by Gasteiger charge is -2.35. The van der Waals surface area contributed by atoms with Crippen molar-refractivity contribution in [2.45, 2.75) is 50.7 Å². The van der Waals surface area contributed by atoms with E-state index in [4.69, 9.17) is 10.2 Å². The van der Waals surface area contributed by atoms with Gasteiger partial charge in [-0.25, -0.2) is 5.02 Å². The standard InChI is InChI=1S/C29H35N6O7S/c30-27(38)23-9-11-31-25(36)10-14-43(41)35-12-3-7-21(18-35)28(39)34-24(16-22-8-4-13-42-22)29(40)32-17-20-6-2-1-5-19(20)15-26(37)33-23/h1-2,4-6,8,10,13,21,23-24H,3,7,9,11-12,15-18H2,(H2,30,38)(H,31,36)(H,32,40)(H,33,37)(H,34,39)/q-1/t21-,23+,24+/m1/s1. The Kier molecular flexibility index (Phi) is 11.1. The normalized spacial score (nSPS) is 24.9. The number of carbonyl (C=O) groups excluding carboxylic acids is 5. The largest absolute Gasteiger partial charge is 0.469 e. The number of nitrogens with one attached hydrogen (secondary N) is 4. The predicted octanol–water partition coefficient (Wildman–Crippen LogP) is -0.796. The fraction of sp³-hybridized carbons (Fsp3) is 0.414. The van der Waals surface area contributed by atoms with Crippen LogP contribution in [-0.2, 0) is 58.1 Å². The van der Waals surface area contributed by atoms with Crippen molar-refractivity contribution in [2.75, 3.05) is 19.6 Å². The highest BCUT2D eigenvalue weighted by Crippen LogP contribution is 2.18. The van der Waals surface area contributed by atoms with Gasteiger partial charge in [-0.3, -0.25) is 24.0 Å². The number of nitrogens with two attached hydrogens (primary N) is 1. The molecule has 1 saturated heterocycles. The van der Waals surface area contributed by atoms with E-state index in [-0.39, 0.29) is 44.8 Å². The molecule has 6 N–H and O–H groups in total. The van der Waals surface area contributed by atoms with Crippen LogP contribution in [0.3, 0.4) is 0 Å². The summed E-state index contributed by atoms with van der Waals surface area (Å²) in [5.41, 5.74) is 6.77. The van der Waals surface area contributed by atoms with Crippen LogP contribution in [0.15, 0.2) is 53.2 Å². The van der Waals surface area contributed by atoms with Gasteiger partial charge in [0.05, 0.1) is 12.7 Å². The molecule has 13 nitrogen and oxygen atoms in total. The number of fused-ring (bicyclic) bond motifs is 3. The van der Waals surface area contributed by atoms with Crippen molar-refractivity contribution in [1.82, 2.24) is 25.6 Å². The molecule has 0 spiro atoms. The van der Waals surface area contributed by atoms with Gasteiger partial charge in [0.1, 0.15) is 17.8 Å². The van der Waals surface area contributed by atoms with Crippen LogP contribution in [0.2, 0.25) is 0 Å². The Balaban J connectivity index is 1.60. The highest BCUT2D eigenvalue weighted by molar-refractivity contribution is 7.80. The molecule has 3 heterocycles. The van der Waals surface area contributed by atoms with Crippen molar-refractivity contribution in [2.24, 2.45) is 11.7 Å². The SMILES string of the molecule is NC(=O)[C@@H]1CCNC(=O)C=C=[S-](=O)N2CCC[C@H](C2)C(=O)N[C@@H](Cc2ccco2)C(=O)NCc2ccccc2CC(=O)N1. The molecule has 5 amide bonds. The highest BCUT2D eigenvalue weighted by Gasteiger charge is 2.29. The van der Waals surface area contributed by atoms with Crippen molar-refractivity contribution in [3.05, 3.63) is 65.6 Å². The van der Waals surface area contributed by atoms with Gasteiger partial charge in [0.15, 0.2) is 0 Å². The Labute approximate surface area is 250 Å². The topological polar surface area (TPSA) is 193 Å². The van der Waals surface area contributed by atoms with E-state index in [2.05, 4.69) is 26.3 Å². The van der Waals surface area contributed by atoms with E-state index < -0.39 is 52.2 Å². The van der Waals surface area contributed by atoms with Gasteiger partial charge in [-0.2, -0.15) is 10.6 Å². The maximum Gasteiger partial charge on any atom is 0.249 e. The molecule has 0 saturated carbocycles. The van der Waals surface area contributed by atoms with E-state index in [1.165, 1.54) is 6.26 Å². The van der Waals surface area contributed by atoms with Crippen LogP contribution in [0.5, 0.6) is 0 Å². The molecule has 4 atom stereocenters. The number of primary amides is 1. The summed E-state index contributed by atoms with van der Waals surface area (Å²) < 4.78 is 19.8. The van der Waals surface area contributed by atoms with Gasteiger partial charge in [0.2, 0.25) is 29.5 Å². The molecule has 4 rings (SSSR count). The molecule has 2 bridgehead atoms.